The first-order chi connectivity index (χ1) is 16.6. The number of H-pyrrole nitrogens is 1. The van der Waals surface area contributed by atoms with E-state index < -0.39 is 0 Å². The van der Waals surface area contributed by atoms with E-state index in [4.69, 9.17) is 4.74 Å². The van der Waals surface area contributed by atoms with Crippen LogP contribution in [0.5, 0.6) is 5.75 Å². The molecule has 0 saturated carbocycles. The molecule has 0 amide bonds. The molecule has 1 aromatic carbocycles. The van der Waals surface area contributed by atoms with Gasteiger partial charge in [-0.1, -0.05) is 6.08 Å². The van der Waals surface area contributed by atoms with Gasteiger partial charge in [0.1, 0.15) is 10.6 Å². The minimum atomic E-state index is 0.119. The van der Waals surface area contributed by atoms with Crippen molar-refractivity contribution < 1.29 is 4.74 Å². The number of thiophene rings is 1. The summed E-state index contributed by atoms with van der Waals surface area (Å²) in [5.74, 6) is 0.876. The summed E-state index contributed by atoms with van der Waals surface area (Å²) in [6, 6.07) is 6.15. The van der Waals surface area contributed by atoms with Crippen LogP contribution in [-0.2, 0) is 19.5 Å². The molecule has 0 atom stereocenters. The number of likely N-dealkylation sites (N-methyl/N-ethyl adjacent to an activating group) is 1. The number of methoxy groups -OCH3 is 1. The Labute approximate surface area is 202 Å². The second-order valence-electron chi connectivity index (χ2n) is 9.31. The molecule has 0 fully saturated rings. The van der Waals surface area contributed by atoms with E-state index >= 15 is 0 Å². The molecule has 7 nitrogen and oxygen atoms in total. The number of aromatic nitrogens is 3. The number of aromatic amines is 1. The third-order valence-electron chi connectivity index (χ3n) is 7.20. The van der Waals surface area contributed by atoms with Gasteiger partial charge < -0.3 is 14.6 Å². The highest BCUT2D eigenvalue weighted by molar-refractivity contribution is 7.18. The zero-order chi connectivity index (χ0) is 23.2. The number of hydrogen-bond acceptors (Lipinski definition) is 6. The Morgan fingerprint density at radius 2 is 2.12 bits per heavy atom. The predicted molar refractivity (Wildman–Crippen MR) is 138 cm³/mol. The second kappa shape index (κ2) is 8.69. The van der Waals surface area contributed by atoms with Gasteiger partial charge in [0.2, 0.25) is 0 Å². The highest BCUT2D eigenvalue weighted by Gasteiger charge is 2.22. The van der Waals surface area contributed by atoms with Gasteiger partial charge in [-0.05, 0) is 49.2 Å². The predicted octanol–water partition coefficient (Wildman–Crippen LogP) is 3.73. The van der Waals surface area contributed by atoms with Crippen molar-refractivity contribution in [1.29, 1.82) is 0 Å². The van der Waals surface area contributed by atoms with Crippen LogP contribution in [0.4, 0.5) is 0 Å². The fourth-order valence-corrected chi connectivity index (χ4v) is 6.46. The molecule has 3 aromatic heterocycles. The molecule has 0 aliphatic carbocycles. The molecular weight excluding hydrogens is 446 g/mol. The van der Waals surface area contributed by atoms with Crippen molar-refractivity contribution in [1.82, 2.24) is 24.3 Å². The Bertz CT molecular complexity index is 1460. The number of nitrogens with one attached hydrogen (secondary N) is 1. The molecule has 2 aliphatic heterocycles. The lowest BCUT2D eigenvalue weighted by atomic mass is 9.99. The van der Waals surface area contributed by atoms with Gasteiger partial charge in [0, 0.05) is 66.8 Å². The summed E-state index contributed by atoms with van der Waals surface area (Å²) in [5, 5.41) is 2.06. The molecule has 8 heteroatoms. The van der Waals surface area contributed by atoms with Crippen molar-refractivity contribution in [3.63, 3.8) is 0 Å². The van der Waals surface area contributed by atoms with Crippen LogP contribution in [0.25, 0.3) is 26.7 Å². The minimum absolute atomic E-state index is 0.119. The molecule has 0 spiro atoms. The zero-order valence-electron chi connectivity index (χ0n) is 19.6. The Kier molecular flexibility index (Phi) is 5.51. The van der Waals surface area contributed by atoms with Crippen LogP contribution in [0.3, 0.4) is 0 Å². The van der Waals surface area contributed by atoms with Gasteiger partial charge in [0.15, 0.2) is 0 Å². The van der Waals surface area contributed by atoms with Crippen molar-refractivity contribution >= 4 is 38.0 Å². The maximum atomic E-state index is 13.3. The van der Waals surface area contributed by atoms with Gasteiger partial charge in [0.25, 0.3) is 5.56 Å². The highest BCUT2D eigenvalue weighted by atomic mass is 32.1. The van der Waals surface area contributed by atoms with Gasteiger partial charge in [0.05, 0.1) is 18.8 Å². The van der Waals surface area contributed by atoms with Gasteiger partial charge in [-0.2, -0.15) is 0 Å². The number of benzene rings is 1. The zero-order valence-corrected chi connectivity index (χ0v) is 20.5. The molecular formula is C26H29N5O2S. The van der Waals surface area contributed by atoms with E-state index in [0.29, 0.717) is 6.54 Å². The van der Waals surface area contributed by atoms with Gasteiger partial charge >= 0.3 is 0 Å². The van der Waals surface area contributed by atoms with Gasteiger partial charge in [-0.25, -0.2) is 4.98 Å². The largest absolute Gasteiger partial charge is 0.497 e. The summed E-state index contributed by atoms with van der Waals surface area (Å²) < 4.78 is 7.22. The summed E-state index contributed by atoms with van der Waals surface area (Å²) in [4.78, 5) is 28.2. The maximum absolute atomic E-state index is 13.3. The first-order valence-corrected chi connectivity index (χ1v) is 12.7. The quantitative estimate of drug-likeness (QED) is 0.477. The molecule has 0 saturated heterocycles. The average Bonchev–Trinajstić information content (AvgIpc) is 3.44. The van der Waals surface area contributed by atoms with Gasteiger partial charge in [-0.15, -0.1) is 11.3 Å². The van der Waals surface area contributed by atoms with E-state index in [1.807, 2.05) is 6.07 Å². The van der Waals surface area contributed by atoms with E-state index in [0.717, 1.165) is 67.0 Å². The fourth-order valence-electron chi connectivity index (χ4n) is 5.21. The van der Waals surface area contributed by atoms with Gasteiger partial charge in [-0.3, -0.25) is 14.3 Å². The Morgan fingerprint density at radius 1 is 1.21 bits per heavy atom. The monoisotopic (exact) mass is 475 g/mol. The van der Waals surface area contributed by atoms with Crippen molar-refractivity contribution in [2.45, 2.75) is 25.9 Å². The molecule has 5 heterocycles. The summed E-state index contributed by atoms with van der Waals surface area (Å²) in [5.41, 5.74) is 5.10. The van der Waals surface area contributed by atoms with E-state index in [9.17, 15) is 4.79 Å². The van der Waals surface area contributed by atoms with E-state index in [2.05, 4.69) is 51.2 Å². The SMILES string of the molecule is COc1ccc2[nH]cc(C3=CCN(CCn4cnc5sc6c(c5c4=O)CCN(C)C6)CC3)c2c1. The summed E-state index contributed by atoms with van der Waals surface area (Å²) in [6.07, 6.45) is 8.09. The molecule has 4 aromatic rings. The lowest BCUT2D eigenvalue weighted by molar-refractivity contribution is 0.287. The summed E-state index contributed by atoms with van der Waals surface area (Å²) in [6.45, 7) is 5.29. The topological polar surface area (TPSA) is 66.4 Å². The van der Waals surface area contributed by atoms with Crippen LogP contribution in [0, 0.1) is 0 Å². The highest BCUT2D eigenvalue weighted by Crippen LogP contribution is 2.33. The molecule has 0 bridgehead atoms. The fraction of sp³-hybridized carbons (Fsp3) is 0.385. The maximum Gasteiger partial charge on any atom is 0.262 e. The van der Waals surface area contributed by atoms with Crippen LogP contribution in [0.1, 0.15) is 22.4 Å². The molecule has 0 unspecified atom stereocenters. The summed E-state index contributed by atoms with van der Waals surface area (Å²) in [7, 11) is 3.84. The van der Waals surface area contributed by atoms with Crippen LogP contribution >= 0.6 is 11.3 Å². The second-order valence-corrected chi connectivity index (χ2v) is 10.4. The standard InChI is InChI=1S/C26H29N5O2S/c1-29-8-7-19-23(15-29)34-25-24(19)26(32)31(16-28-25)12-11-30-9-5-17(6-10-30)21-14-27-22-4-3-18(33-2)13-20(21)22/h3-5,13-14,16,27H,6-12,15H2,1-2H3. The van der Waals surface area contributed by atoms with E-state index in [1.54, 1.807) is 29.3 Å². The van der Waals surface area contributed by atoms with Crippen molar-refractivity contribution in [3.05, 3.63) is 63.2 Å². The van der Waals surface area contributed by atoms with Crippen LogP contribution in [0.2, 0.25) is 0 Å². The normalized spacial score (nSPS) is 17.3. The molecule has 176 valence electrons. The molecule has 1 N–H and O–H groups in total. The Morgan fingerprint density at radius 3 is 2.94 bits per heavy atom. The number of nitrogens with zero attached hydrogens (tertiary/aromatic N) is 4. The van der Waals surface area contributed by atoms with E-state index in [-0.39, 0.29) is 5.56 Å². The summed E-state index contributed by atoms with van der Waals surface area (Å²) >= 11 is 1.68. The molecule has 2 aliphatic rings. The first-order valence-electron chi connectivity index (χ1n) is 11.9. The van der Waals surface area contributed by atoms with Crippen molar-refractivity contribution in [2.24, 2.45) is 0 Å². The van der Waals surface area contributed by atoms with E-state index in [1.165, 1.54) is 27.0 Å². The Hall–Kier alpha value is -2.94. The molecule has 6 rings (SSSR count). The average molecular weight is 476 g/mol. The lowest BCUT2D eigenvalue weighted by Crippen LogP contribution is -2.34. The number of hydrogen-bond donors (Lipinski definition) is 1. The van der Waals surface area contributed by atoms with Crippen LogP contribution < -0.4 is 10.3 Å². The number of ether oxygens (including phenoxy) is 1. The van der Waals surface area contributed by atoms with Crippen molar-refractivity contribution in [3.8, 4) is 5.75 Å². The smallest absolute Gasteiger partial charge is 0.262 e. The Balaban J connectivity index is 1.17. The van der Waals surface area contributed by atoms with Crippen LogP contribution in [-0.4, -0.2) is 64.7 Å². The molecule has 0 radical (unpaired) electrons. The van der Waals surface area contributed by atoms with Crippen LogP contribution in [0.15, 0.2) is 41.6 Å². The van der Waals surface area contributed by atoms with Crippen molar-refractivity contribution in [2.75, 3.05) is 40.3 Å². The third kappa shape index (κ3) is 3.76. The lowest BCUT2D eigenvalue weighted by Gasteiger charge is -2.26. The number of rotatable bonds is 5. The molecule has 34 heavy (non-hydrogen) atoms. The third-order valence-corrected chi connectivity index (χ3v) is 8.33. The number of fused-ring (bicyclic) bond motifs is 4. The minimum Gasteiger partial charge on any atom is -0.497 e. The first kappa shape index (κ1) is 21.6.